The van der Waals surface area contributed by atoms with Crippen molar-refractivity contribution in [2.45, 2.75) is 46.0 Å². The highest BCUT2D eigenvalue weighted by Crippen LogP contribution is 2.20. The Hall–Kier alpha value is -0.570. The summed E-state index contributed by atoms with van der Waals surface area (Å²) in [6.45, 7) is 11.0. The number of ether oxygens (including phenoxy) is 1. The van der Waals surface area contributed by atoms with Gasteiger partial charge in [-0.05, 0) is 64.6 Å². The first-order valence-corrected chi connectivity index (χ1v) is 10.0. The maximum Gasteiger partial charge on any atom is 0.309 e. The van der Waals surface area contributed by atoms with Crippen LogP contribution in [0, 0.1) is 11.8 Å². The molecule has 0 spiro atoms. The number of hydrogen-bond donors (Lipinski definition) is 1. The predicted octanol–water partition coefficient (Wildman–Crippen LogP) is 2.58. The minimum atomic E-state index is -0.0384. The van der Waals surface area contributed by atoms with Crippen LogP contribution >= 0.6 is 24.0 Å². The van der Waals surface area contributed by atoms with Crippen molar-refractivity contribution in [3.05, 3.63) is 0 Å². The van der Waals surface area contributed by atoms with Crippen molar-refractivity contribution in [1.29, 1.82) is 0 Å². The smallest absolute Gasteiger partial charge is 0.309 e. The Kier molecular flexibility index (Phi) is 11.5. The van der Waals surface area contributed by atoms with Gasteiger partial charge in [0.1, 0.15) is 0 Å². The fraction of sp³-hybridized carbons (Fsp3) is 0.895. The summed E-state index contributed by atoms with van der Waals surface area (Å²) in [5, 5.41) is 3.53. The second-order valence-corrected chi connectivity index (χ2v) is 7.15. The van der Waals surface area contributed by atoms with Gasteiger partial charge < -0.3 is 19.9 Å². The summed E-state index contributed by atoms with van der Waals surface area (Å²) in [7, 11) is 1.85. The largest absolute Gasteiger partial charge is 0.466 e. The number of halogens is 1. The third-order valence-electron chi connectivity index (χ3n) is 5.62. The van der Waals surface area contributed by atoms with E-state index in [1.54, 1.807) is 0 Å². The van der Waals surface area contributed by atoms with Crippen LogP contribution in [0.1, 0.15) is 46.0 Å². The number of aliphatic imine (C=N–C) groups is 1. The molecule has 0 radical (unpaired) electrons. The Bertz CT molecular complexity index is 431. The maximum atomic E-state index is 11.8. The van der Waals surface area contributed by atoms with Crippen molar-refractivity contribution < 1.29 is 9.53 Å². The lowest BCUT2D eigenvalue weighted by Gasteiger charge is -2.34. The van der Waals surface area contributed by atoms with E-state index < -0.39 is 0 Å². The van der Waals surface area contributed by atoms with Crippen molar-refractivity contribution in [2.24, 2.45) is 16.8 Å². The summed E-state index contributed by atoms with van der Waals surface area (Å²) in [5.74, 6) is 1.83. The Morgan fingerprint density at radius 3 is 2.31 bits per heavy atom. The SMILES string of the molecule is CCOC(=O)C1CCN(C(=NC)NCCC2CCN(CC)CC2)CC1.I. The number of likely N-dealkylation sites (tertiary alicyclic amines) is 2. The van der Waals surface area contributed by atoms with Crippen molar-refractivity contribution >= 4 is 35.9 Å². The Labute approximate surface area is 176 Å². The molecule has 2 saturated heterocycles. The molecular weight excluding hydrogens is 443 g/mol. The van der Waals surface area contributed by atoms with E-state index in [1.807, 2.05) is 14.0 Å². The fourth-order valence-electron chi connectivity index (χ4n) is 3.90. The lowest BCUT2D eigenvalue weighted by Crippen LogP contribution is -2.47. The second kappa shape index (κ2) is 12.8. The molecule has 1 N–H and O–H groups in total. The van der Waals surface area contributed by atoms with Gasteiger partial charge in [0.2, 0.25) is 0 Å². The summed E-state index contributed by atoms with van der Waals surface area (Å²) < 4.78 is 5.14. The fourth-order valence-corrected chi connectivity index (χ4v) is 3.90. The first kappa shape index (κ1) is 23.5. The molecule has 2 rings (SSSR count). The zero-order valence-corrected chi connectivity index (χ0v) is 19.0. The first-order valence-electron chi connectivity index (χ1n) is 10.0. The van der Waals surface area contributed by atoms with E-state index >= 15 is 0 Å². The molecule has 2 aliphatic heterocycles. The van der Waals surface area contributed by atoms with E-state index in [0.717, 1.165) is 44.4 Å². The average Bonchev–Trinajstić information content (AvgIpc) is 2.66. The van der Waals surface area contributed by atoms with Gasteiger partial charge in [-0.25, -0.2) is 0 Å². The molecule has 6 nitrogen and oxygen atoms in total. The zero-order valence-electron chi connectivity index (χ0n) is 16.7. The number of guanidine groups is 1. The van der Waals surface area contributed by atoms with Crippen LogP contribution in [0.2, 0.25) is 0 Å². The molecule has 0 unspecified atom stereocenters. The van der Waals surface area contributed by atoms with Crippen LogP contribution in [-0.2, 0) is 9.53 Å². The van der Waals surface area contributed by atoms with Crippen LogP contribution in [0.5, 0.6) is 0 Å². The predicted molar refractivity (Wildman–Crippen MR) is 117 cm³/mol. The third-order valence-corrected chi connectivity index (χ3v) is 5.62. The number of rotatable bonds is 6. The van der Waals surface area contributed by atoms with Crippen LogP contribution in [0.15, 0.2) is 4.99 Å². The highest BCUT2D eigenvalue weighted by atomic mass is 127. The Morgan fingerprint density at radius 2 is 1.77 bits per heavy atom. The van der Waals surface area contributed by atoms with Gasteiger partial charge in [-0.1, -0.05) is 6.92 Å². The van der Waals surface area contributed by atoms with Crippen molar-refractivity contribution in [3.8, 4) is 0 Å². The molecule has 0 aromatic carbocycles. The Morgan fingerprint density at radius 1 is 1.12 bits per heavy atom. The molecule has 2 heterocycles. The minimum Gasteiger partial charge on any atom is -0.466 e. The van der Waals surface area contributed by atoms with Gasteiger partial charge in [-0.2, -0.15) is 0 Å². The van der Waals surface area contributed by atoms with Crippen LogP contribution in [0.4, 0.5) is 0 Å². The van der Waals surface area contributed by atoms with Crippen molar-refractivity contribution in [2.75, 3.05) is 52.9 Å². The van der Waals surface area contributed by atoms with Crippen LogP contribution < -0.4 is 5.32 Å². The molecule has 0 aliphatic carbocycles. The molecule has 0 aromatic rings. The topological polar surface area (TPSA) is 57.2 Å². The number of carbonyl (C=O) groups is 1. The standard InChI is InChI=1S/C19H36N4O2.HI/c1-4-22-12-7-16(8-13-22)6-11-21-19(20-3)23-14-9-17(10-15-23)18(24)25-5-2;/h16-17H,4-15H2,1-3H3,(H,20,21);1H. The molecule has 26 heavy (non-hydrogen) atoms. The molecule has 0 saturated carbocycles. The van der Waals surface area contributed by atoms with E-state index in [4.69, 9.17) is 4.74 Å². The molecule has 0 atom stereocenters. The molecule has 7 heteroatoms. The summed E-state index contributed by atoms with van der Waals surface area (Å²) in [4.78, 5) is 21.1. The molecule has 0 amide bonds. The maximum absolute atomic E-state index is 11.8. The number of carbonyl (C=O) groups excluding carboxylic acids is 1. The number of piperidine rings is 2. The second-order valence-electron chi connectivity index (χ2n) is 7.15. The highest BCUT2D eigenvalue weighted by Gasteiger charge is 2.27. The van der Waals surface area contributed by atoms with Gasteiger partial charge >= 0.3 is 5.97 Å². The monoisotopic (exact) mass is 480 g/mol. The van der Waals surface area contributed by atoms with Gasteiger partial charge in [-0.15, -0.1) is 24.0 Å². The van der Waals surface area contributed by atoms with Crippen LogP contribution in [0.25, 0.3) is 0 Å². The lowest BCUT2D eigenvalue weighted by molar-refractivity contribution is -0.149. The number of nitrogens with zero attached hydrogens (tertiary/aromatic N) is 3. The van der Waals surface area contributed by atoms with E-state index in [1.165, 1.54) is 38.9 Å². The van der Waals surface area contributed by atoms with E-state index in [9.17, 15) is 4.79 Å². The summed E-state index contributed by atoms with van der Waals surface area (Å²) in [6, 6.07) is 0. The molecule has 0 bridgehead atoms. The first-order chi connectivity index (χ1) is 12.2. The lowest BCUT2D eigenvalue weighted by atomic mass is 9.93. The van der Waals surface area contributed by atoms with Gasteiger partial charge in [0.25, 0.3) is 0 Å². The summed E-state index contributed by atoms with van der Waals surface area (Å²) in [6.07, 6.45) is 5.57. The van der Waals surface area contributed by atoms with Gasteiger partial charge in [0, 0.05) is 26.7 Å². The highest BCUT2D eigenvalue weighted by molar-refractivity contribution is 14.0. The van der Waals surface area contributed by atoms with Crippen molar-refractivity contribution in [1.82, 2.24) is 15.1 Å². The third kappa shape index (κ3) is 7.21. The molecule has 2 fully saturated rings. The summed E-state index contributed by atoms with van der Waals surface area (Å²) in [5.41, 5.74) is 0. The van der Waals surface area contributed by atoms with Crippen LogP contribution in [-0.4, -0.2) is 74.7 Å². The van der Waals surface area contributed by atoms with E-state index in [0.29, 0.717) is 6.61 Å². The van der Waals surface area contributed by atoms with E-state index in [2.05, 4.69) is 27.0 Å². The molecular formula is C19H37IN4O2. The molecule has 0 aromatic heterocycles. The number of hydrogen-bond acceptors (Lipinski definition) is 4. The zero-order chi connectivity index (χ0) is 18.1. The minimum absolute atomic E-state index is 0. The van der Waals surface area contributed by atoms with Crippen LogP contribution in [0.3, 0.4) is 0 Å². The van der Waals surface area contributed by atoms with Gasteiger partial charge in [0.05, 0.1) is 12.5 Å². The van der Waals surface area contributed by atoms with Gasteiger partial charge in [-0.3, -0.25) is 9.79 Å². The summed E-state index contributed by atoms with van der Waals surface area (Å²) >= 11 is 0. The van der Waals surface area contributed by atoms with Gasteiger partial charge in [0.15, 0.2) is 5.96 Å². The quantitative estimate of drug-likeness (QED) is 0.274. The Balaban J connectivity index is 0.00000338. The van der Waals surface area contributed by atoms with Crippen molar-refractivity contribution in [3.63, 3.8) is 0 Å². The van der Waals surface area contributed by atoms with E-state index in [-0.39, 0.29) is 35.9 Å². The number of esters is 1. The molecule has 152 valence electrons. The normalized spacial score (nSPS) is 20.6. The molecule has 2 aliphatic rings. The average molecular weight is 480 g/mol. The number of nitrogens with one attached hydrogen (secondary N) is 1.